The normalized spacial score (nSPS) is 12.3. The van der Waals surface area contributed by atoms with Gasteiger partial charge in [0, 0.05) is 0 Å². The van der Waals surface area contributed by atoms with E-state index in [1.165, 1.54) is 41.4 Å². The third-order valence-electron chi connectivity index (χ3n) is 3.00. The van der Waals surface area contributed by atoms with Crippen molar-refractivity contribution in [2.24, 2.45) is 11.0 Å². The van der Waals surface area contributed by atoms with Gasteiger partial charge in [-0.15, -0.1) is 0 Å². The van der Waals surface area contributed by atoms with Crippen LogP contribution in [-0.2, 0) is 11.3 Å². The van der Waals surface area contributed by atoms with E-state index in [1.807, 2.05) is 0 Å². The van der Waals surface area contributed by atoms with Gasteiger partial charge in [-0.05, 0) is 17.7 Å². The third-order valence-corrected chi connectivity index (χ3v) is 3.00. The summed E-state index contributed by atoms with van der Waals surface area (Å²) in [6.45, 7) is 1.84. The number of carbonyl (C=O) groups is 1. The van der Waals surface area contributed by atoms with Crippen LogP contribution in [-0.4, -0.2) is 26.8 Å². The molecule has 0 fully saturated rings. The summed E-state index contributed by atoms with van der Waals surface area (Å²) in [5, 5.41) is 18.2. The van der Waals surface area contributed by atoms with Crippen molar-refractivity contribution in [3.05, 3.63) is 58.2 Å². The van der Waals surface area contributed by atoms with Crippen LogP contribution in [0.4, 0.5) is 10.1 Å². The number of hydrogen-bond acceptors (Lipinski definition) is 5. The molecule has 2 rings (SSSR count). The van der Waals surface area contributed by atoms with Crippen LogP contribution in [0.2, 0.25) is 0 Å². The van der Waals surface area contributed by atoms with Crippen molar-refractivity contribution in [3.8, 4) is 0 Å². The number of nitrogens with zero attached hydrogens (tertiary/aromatic N) is 4. The SMILES string of the molecule is CC(Cn1cc([N+](=O)[O-])cn1)C(=O)N/N=C/c1ccc(F)cc1. The molecular formula is C14H14FN5O3. The van der Waals surface area contributed by atoms with Crippen LogP contribution in [0.5, 0.6) is 0 Å². The number of benzene rings is 1. The molecule has 0 aliphatic rings. The molecule has 0 saturated heterocycles. The lowest BCUT2D eigenvalue weighted by Crippen LogP contribution is -2.28. The molecule has 1 unspecified atom stereocenters. The van der Waals surface area contributed by atoms with Crippen LogP contribution in [0.25, 0.3) is 0 Å². The van der Waals surface area contributed by atoms with Crippen LogP contribution >= 0.6 is 0 Å². The van der Waals surface area contributed by atoms with Crippen LogP contribution < -0.4 is 5.43 Å². The summed E-state index contributed by atoms with van der Waals surface area (Å²) in [5.74, 6) is -1.20. The zero-order chi connectivity index (χ0) is 16.8. The van der Waals surface area contributed by atoms with E-state index in [2.05, 4.69) is 15.6 Å². The molecule has 1 aromatic heterocycles. The number of halogens is 1. The summed E-state index contributed by atoms with van der Waals surface area (Å²) >= 11 is 0. The Bertz CT molecular complexity index is 726. The van der Waals surface area contributed by atoms with Gasteiger partial charge in [0.2, 0.25) is 5.91 Å². The first-order chi connectivity index (χ1) is 11.0. The molecule has 0 spiro atoms. The standard InChI is InChI=1S/C14H14FN5O3/c1-10(8-19-9-13(7-17-19)20(22)23)14(21)18-16-6-11-2-4-12(15)5-3-11/h2-7,9-10H,8H2,1H3,(H,18,21)/b16-6+. The first-order valence-electron chi connectivity index (χ1n) is 6.71. The molecule has 0 aliphatic heterocycles. The Labute approximate surface area is 130 Å². The van der Waals surface area contributed by atoms with Gasteiger partial charge in [-0.25, -0.2) is 9.82 Å². The second kappa shape index (κ2) is 7.25. The number of carbonyl (C=O) groups excluding carboxylic acids is 1. The number of hydrazone groups is 1. The van der Waals surface area contributed by atoms with Crippen molar-refractivity contribution in [3.63, 3.8) is 0 Å². The van der Waals surface area contributed by atoms with E-state index < -0.39 is 10.8 Å². The van der Waals surface area contributed by atoms with Gasteiger partial charge in [-0.2, -0.15) is 10.2 Å². The molecule has 1 amide bonds. The summed E-state index contributed by atoms with van der Waals surface area (Å²) in [7, 11) is 0. The topological polar surface area (TPSA) is 102 Å². The lowest BCUT2D eigenvalue weighted by atomic mass is 10.2. The number of hydrogen-bond donors (Lipinski definition) is 1. The summed E-state index contributed by atoms with van der Waals surface area (Å²) in [6.07, 6.45) is 3.77. The van der Waals surface area contributed by atoms with Gasteiger partial charge in [0.15, 0.2) is 0 Å². The van der Waals surface area contributed by atoms with E-state index in [1.54, 1.807) is 6.92 Å². The Morgan fingerprint density at radius 1 is 1.52 bits per heavy atom. The zero-order valence-corrected chi connectivity index (χ0v) is 12.2. The van der Waals surface area contributed by atoms with Crippen LogP contribution in [0.1, 0.15) is 12.5 Å². The molecular weight excluding hydrogens is 305 g/mol. The highest BCUT2D eigenvalue weighted by Gasteiger charge is 2.15. The fourth-order valence-corrected chi connectivity index (χ4v) is 1.74. The molecule has 8 nitrogen and oxygen atoms in total. The minimum Gasteiger partial charge on any atom is -0.273 e. The van der Waals surface area contributed by atoms with E-state index in [0.717, 1.165) is 6.20 Å². The van der Waals surface area contributed by atoms with Gasteiger partial charge in [0.25, 0.3) is 0 Å². The van der Waals surface area contributed by atoms with E-state index in [-0.39, 0.29) is 24.0 Å². The zero-order valence-electron chi connectivity index (χ0n) is 12.2. The van der Waals surface area contributed by atoms with Crippen molar-refractivity contribution < 1.29 is 14.1 Å². The molecule has 2 aromatic rings. The number of rotatable bonds is 6. The largest absolute Gasteiger partial charge is 0.306 e. The molecule has 1 N–H and O–H groups in total. The van der Waals surface area contributed by atoms with E-state index >= 15 is 0 Å². The maximum atomic E-state index is 12.7. The average Bonchev–Trinajstić information content (AvgIpc) is 2.98. The van der Waals surface area contributed by atoms with E-state index in [4.69, 9.17) is 0 Å². The van der Waals surface area contributed by atoms with Crippen molar-refractivity contribution in [1.29, 1.82) is 0 Å². The highest BCUT2D eigenvalue weighted by atomic mass is 19.1. The molecule has 1 heterocycles. The van der Waals surface area contributed by atoms with Crippen molar-refractivity contribution >= 4 is 17.8 Å². The monoisotopic (exact) mass is 319 g/mol. The summed E-state index contributed by atoms with van der Waals surface area (Å²) in [4.78, 5) is 21.9. The van der Waals surface area contributed by atoms with Gasteiger partial charge in [0.1, 0.15) is 18.2 Å². The Kier molecular flexibility index (Phi) is 5.13. The predicted molar refractivity (Wildman–Crippen MR) is 80.2 cm³/mol. The van der Waals surface area contributed by atoms with Crippen molar-refractivity contribution in [2.75, 3.05) is 0 Å². The predicted octanol–water partition coefficient (Wildman–Crippen LogP) is 1.72. The van der Waals surface area contributed by atoms with Gasteiger partial charge in [-0.1, -0.05) is 19.1 Å². The number of nitrogens with one attached hydrogen (secondary N) is 1. The summed E-state index contributed by atoms with van der Waals surface area (Å²) in [6, 6.07) is 5.63. The minimum absolute atomic E-state index is 0.132. The molecule has 9 heteroatoms. The molecule has 120 valence electrons. The third kappa shape index (κ3) is 4.70. The first-order valence-corrected chi connectivity index (χ1v) is 6.71. The van der Waals surface area contributed by atoms with E-state index in [9.17, 15) is 19.3 Å². The smallest absolute Gasteiger partial charge is 0.273 e. The van der Waals surface area contributed by atoms with Gasteiger partial charge in [-0.3, -0.25) is 19.6 Å². The first kappa shape index (κ1) is 16.3. The van der Waals surface area contributed by atoms with Crippen LogP contribution in [0.15, 0.2) is 41.8 Å². The Balaban J connectivity index is 1.86. The molecule has 23 heavy (non-hydrogen) atoms. The molecule has 0 radical (unpaired) electrons. The molecule has 0 aliphatic carbocycles. The van der Waals surface area contributed by atoms with E-state index in [0.29, 0.717) is 5.56 Å². The lowest BCUT2D eigenvalue weighted by molar-refractivity contribution is -0.385. The highest BCUT2D eigenvalue weighted by Crippen LogP contribution is 2.09. The van der Waals surface area contributed by atoms with Crippen LogP contribution in [0.3, 0.4) is 0 Å². The maximum absolute atomic E-state index is 12.7. The van der Waals surface area contributed by atoms with Gasteiger partial charge in [0.05, 0.1) is 23.6 Å². The molecule has 0 bridgehead atoms. The Morgan fingerprint density at radius 3 is 2.83 bits per heavy atom. The average molecular weight is 319 g/mol. The lowest BCUT2D eigenvalue weighted by Gasteiger charge is -2.09. The highest BCUT2D eigenvalue weighted by molar-refractivity contribution is 5.83. The molecule has 0 saturated carbocycles. The second-order valence-corrected chi connectivity index (χ2v) is 4.86. The van der Waals surface area contributed by atoms with Crippen molar-refractivity contribution in [2.45, 2.75) is 13.5 Å². The van der Waals surface area contributed by atoms with Gasteiger partial charge >= 0.3 is 5.69 Å². The Hall–Kier alpha value is -3.10. The number of amides is 1. The summed E-state index contributed by atoms with van der Waals surface area (Å²) < 4.78 is 14.1. The molecule has 1 aromatic carbocycles. The van der Waals surface area contributed by atoms with Crippen molar-refractivity contribution in [1.82, 2.24) is 15.2 Å². The maximum Gasteiger partial charge on any atom is 0.306 e. The number of aromatic nitrogens is 2. The van der Waals surface area contributed by atoms with Crippen LogP contribution in [0, 0.1) is 21.8 Å². The Morgan fingerprint density at radius 2 is 2.22 bits per heavy atom. The second-order valence-electron chi connectivity index (χ2n) is 4.86. The fraction of sp³-hybridized carbons (Fsp3) is 0.214. The summed E-state index contributed by atoms with van der Waals surface area (Å²) in [5.41, 5.74) is 2.87. The molecule has 1 atom stereocenters. The quantitative estimate of drug-likeness (QED) is 0.497. The fourth-order valence-electron chi connectivity index (χ4n) is 1.74. The van der Waals surface area contributed by atoms with Gasteiger partial charge < -0.3 is 0 Å². The minimum atomic E-state index is -0.554. The number of nitro groups is 1.